The number of anilines is 1. The quantitative estimate of drug-likeness (QED) is 0.389. The Morgan fingerprint density at radius 2 is 2.30 bits per heavy atom. The maximum Gasteiger partial charge on any atom is 0.280 e. The summed E-state index contributed by atoms with van der Waals surface area (Å²) >= 11 is 0.741. The Morgan fingerprint density at radius 3 is 2.70 bits per heavy atom. The van der Waals surface area contributed by atoms with E-state index in [9.17, 15) is 4.79 Å². The zero-order valence-electron chi connectivity index (χ0n) is 4.84. The molecule has 10 heavy (non-hydrogen) atoms. The number of nitriles is 1. The molecule has 52 valence electrons. The van der Waals surface area contributed by atoms with Crippen molar-refractivity contribution in [3.8, 4) is 5.40 Å². The topological polar surface area (TPSA) is 98.5 Å². The van der Waals surface area contributed by atoms with Crippen LogP contribution in [0.2, 0.25) is 0 Å². The molecule has 1 rings (SSSR count). The third kappa shape index (κ3) is 0.989. The van der Waals surface area contributed by atoms with Crippen LogP contribution < -0.4 is 11.3 Å². The molecule has 6 heteroatoms. The number of nitrogens with zero attached hydrogens (tertiary/aromatic N) is 1. The Labute approximate surface area is 60.2 Å². The standard InChI is InChI=1S/C4H4N4OS/c5-1-10-2-3(6)7-8-4(2)9/h(H4,6,7,8,9). The van der Waals surface area contributed by atoms with Crippen LogP contribution in [0.5, 0.6) is 0 Å². The lowest BCUT2D eigenvalue weighted by molar-refractivity contribution is 1.06. The fraction of sp³-hybridized carbons (Fsp3) is 0. The van der Waals surface area contributed by atoms with E-state index >= 15 is 0 Å². The van der Waals surface area contributed by atoms with Crippen LogP contribution in [0.25, 0.3) is 0 Å². The van der Waals surface area contributed by atoms with Gasteiger partial charge in [0.25, 0.3) is 5.56 Å². The maximum atomic E-state index is 10.7. The van der Waals surface area contributed by atoms with Gasteiger partial charge in [-0.3, -0.25) is 15.0 Å². The summed E-state index contributed by atoms with van der Waals surface area (Å²) < 4.78 is 0. The van der Waals surface area contributed by atoms with E-state index in [1.807, 2.05) is 0 Å². The molecule has 0 aliphatic heterocycles. The van der Waals surface area contributed by atoms with Crippen LogP contribution in [0.4, 0.5) is 5.82 Å². The number of thioether (sulfide) groups is 1. The van der Waals surface area contributed by atoms with Gasteiger partial charge in [-0.2, -0.15) is 5.26 Å². The summed E-state index contributed by atoms with van der Waals surface area (Å²) in [6.07, 6.45) is 0. The summed E-state index contributed by atoms with van der Waals surface area (Å²) in [4.78, 5) is 10.9. The van der Waals surface area contributed by atoms with E-state index in [2.05, 4.69) is 10.2 Å². The summed E-state index contributed by atoms with van der Waals surface area (Å²) in [6.45, 7) is 0. The van der Waals surface area contributed by atoms with Gasteiger partial charge < -0.3 is 5.73 Å². The molecule has 1 aromatic heterocycles. The number of thiocyanates is 1. The fourth-order valence-corrected chi connectivity index (χ4v) is 0.903. The number of nitrogen functional groups attached to an aromatic ring is 1. The molecule has 0 saturated heterocycles. The molecule has 0 radical (unpaired) electrons. The molecular formula is C4H4N4OS. The highest BCUT2D eigenvalue weighted by Gasteiger charge is 2.05. The Hall–Kier alpha value is -1.35. The van der Waals surface area contributed by atoms with Crippen molar-refractivity contribution in [2.75, 3.05) is 5.73 Å². The smallest absolute Gasteiger partial charge is 0.280 e. The first kappa shape index (κ1) is 6.77. The summed E-state index contributed by atoms with van der Waals surface area (Å²) in [5, 5.41) is 14.6. The Balaban J connectivity index is 3.13. The van der Waals surface area contributed by atoms with Gasteiger partial charge >= 0.3 is 0 Å². The maximum absolute atomic E-state index is 10.7. The lowest BCUT2D eigenvalue weighted by Crippen LogP contribution is -2.00. The molecule has 0 aromatic carbocycles. The van der Waals surface area contributed by atoms with Gasteiger partial charge in [-0.25, -0.2) is 0 Å². The van der Waals surface area contributed by atoms with E-state index in [1.54, 1.807) is 5.40 Å². The Morgan fingerprint density at radius 1 is 1.60 bits per heavy atom. The van der Waals surface area contributed by atoms with Crippen LogP contribution in [0.3, 0.4) is 0 Å². The van der Waals surface area contributed by atoms with Gasteiger partial charge in [-0.05, 0) is 11.8 Å². The van der Waals surface area contributed by atoms with Crippen LogP contribution in [0, 0.1) is 10.7 Å². The molecule has 0 bridgehead atoms. The number of aromatic amines is 2. The van der Waals surface area contributed by atoms with Gasteiger partial charge in [0.15, 0.2) is 0 Å². The number of nitrogens with one attached hydrogen (secondary N) is 2. The van der Waals surface area contributed by atoms with Gasteiger partial charge in [0.05, 0.1) is 0 Å². The Kier molecular flexibility index (Phi) is 1.69. The number of hydrogen-bond donors (Lipinski definition) is 3. The molecule has 0 aliphatic rings. The number of rotatable bonds is 1. The first-order valence-corrected chi connectivity index (χ1v) is 3.19. The van der Waals surface area contributed by atoms with E-state index < -0.39 is 0 Å². The molecule has 1 aromatic rings. The predicted molar refractivity (Wildman–Crippen MR) is 37.3 cm³/mol. The van der Waals surface area contributed by atoms with Crippen molar-refractivity contribution in [2.45, 2.75) is 4.90 Å². The third-order valence-electron chi connectivity index (χ3n) is 0.909. The van der Waals surface area contributed by atoms with Gasteiger partial charge in [0, 0.05) is 0 Å². The molecular weight excluding hydrogens is 152 g/mol. The highest BCUT2D eigenvalue weighted by Crippen LogP contribution is 2.15. The van der Waals surface area contributed by atoms with Gasteiger partial charge in [0.1, 0.15) is 16.1 Å². The summed E-state index contributed by atoms with van der Waals surface area (Å²) in [5.74, 6) is 0.205. The van der Waals surface area contributed by atoms with E-state index in [0.29, 0.717) is 0 Å². The van der Waals surface area contributed by atoms with Crippen LogP contribution >= 0.6 is 11.8 Å². The molecule has 0 amide bonds. The van der Waals surface area contributed by atoms with Crippen molar-refractivity contribution >= 4 is 17.6 Å². The molecule has 0 unspecified atom stereocenters. The second-order valence-electron chi connectivity index (χ2n) is 1.52. The monoisotopic (exact) mass is 156 g/mol. The molecule has 1 heterocycles. The minimum Gasteiger partial charge on any atom is -0.383 e. The molecule has 0 spiro atoms. The average Bonchev–Trinajstić information content (AvgIpc) is 2.20. The largest absolute Gasteiger partial charge is 0.383 e. The molecule has 0 fully saturated rings. The SMILES string of the molecule is N#CSc1c(N)[nH][nH]c1=O. The average molecular weight is 156 g/mol. The number of aromatic nitrogens is 2. The molecule has 5 nitrogen and oxygen atoms in total. The Bertz CT molecular complexity index is 319. The van der Waals surface area contributed by atoms with Crippen LogP contribution in [-0.4, -0.2) is 10.2 Å². The minimum absolute atomic E-state index is 0.205. The first-order chi connectivity index (χ1) is 4.75. The second kappa shape index (κ2) is 2.49. The van der Waals surface area contributed by atoms with Gasteiger partial charge in [0.2, 0.25) is 0 Å². The highest BCUT2D eigenvalue weighted by atomic mass is 32.2. The van der Waals surface area contributed by atoms with E-state index in [4.69, 9.17) is 11.0 Å². The number of nitrogens with two attached hydrogens (primary N) is 1. The van der Waals surface area contributed by atoms with Crippen molar-refractivity contribution in [2.24, 2.45) is 0 Å². The van der Waals surface area contributed by atoms with Crippen molar-refractivity contribution in [3.05, 3.63) is 10.4 Å². The minimum atomic E-state index is -0.357. The van der Waals surface area contributed by atoms with E-state index in [0.717, 1.165) is 11.8 Å². The molecule has 4 N–H and O–H groups in total. The van der Waals surface area contributed by atoms with Crippen molar-refractivity contribution < 1.29 is 0 Å². The normalized spacial score (nSPS) is 9.10. The van der Waals surface area contributed by atoms with E-state index in [1.165, 1.54) is 0 Å². The van der Waals surface area contributed by atoms with E-state index in [-0.39, 0.29) is 16.3 Å². The lowest BCUT2D eigenvalue weighted by Gasteiger charge is -1.83. The lowest BCUT2D eigenvalue weighted by atomic mass is 10.6. The zero-order chi connectivity index (χ0) is 7.56. The first-order valence-electron chi connectivity index (χ1n) is 2.37. The van der Waals surface area contributed by atoms with Crippen molar-refractivity contribution in [1.82, 2.24) is 10.2 Å². The molecule has 0 aliphatic carbocycles. The van der Waals surface area contributed by atoms with Crippen LogP contribution in [0.1, 0.15) is 0 Å². The third-order valence-corrected chi connectivity index (χ3v) is 1.61. The molecule has 0 atom stereocenters. The predicted octanol–water partition coefficient (Wildman–Crippen LogP) is -0.142. The number of H-pyrrole nitrogens is 2. The number of hydrogen-bond acceptors (Lipinski definition) is 4. The molecule has 0 saturated carbocycles. The highest BCUT2D eigenvalue weighted by molar-refractivity contribution is 8.03. The van der Waals surface area contributed by atoms with Crippen molar-refractivity contribution in [3.63, 3.8) is 0 Å². The van der Waals surface area contributed by atoms with Gasteiger partial charge in [-0.15, -0.1) is 0 Å². The summed E-state index contributed by atoms with van der Waals surface area (Å²) in [6, 6.07) is 0. The van der Waals surface area contributed by atoms with Crippen molar-refractivity contribution in [1.29, 1.82) is 5.26 Å². The zero-order valence-corrected chi connectivity index (χ0v) is 5.66. The summed E-state index contributed by atoms with van der Waals surface area (Å²) in [7, 11) is 0. The van der Waals surface area contributed by atoms with Crippen LogP contribution in [-0.2, 0) is 0 Å². The van der Waals surface area contributed by atoms with Gasteiger partial charge in [-0.1, -0.05) is 0 Å². The van der Waals surface area contributed by atoms with Crippen LogP contribution in [0.15, 0.2) is 9.69 Å². The summed E-state index contributed by atoms with van der Waals surface area (Å²) in [5.41, 5.74) is 4.91. The second-order valence-corrected chi connectivity index (χ2v) is 2.31. The fourth-order valence-electron chi connectivity index (χ4n) is 0.507.